The minimum absolute atomic E-state index is 0. The summed E-state index contributed by atoms with van der Waals surface area (Å²) in [7, 11) is 0. The van der Waals surface area contributed by atoms with Gasteiger partial charge in [-0.3, -0.25) is 0 Å². The van der Waals surface area contributed by atoms with E-state index in [1.54, 1.807) is 6.07 Å². The Labute approximate surface area is 92.9 Å². The highest BCUT2D eigenvalue weighted by molar-refractivity contribution is 5.85. The summed E-state index contributed by atoms with van der Waals surface area (Å²) in [5.74, 6) is 0. The van der Waals surface area contributed by atoms with Crippen LogP contribution in [0.25, 0.3) is 0 Å². The largest absolute Gasteiger partial charge is 0.416 e. The van der Waals surface area contributed by atoms with E-state index >= 15 is 0 Å². The molecule has 15 heavy (non-hydrogen) atoms. The van der Waals surface area contributed by atoms with Crippen LogP contribution < -0.4 is 5.73 Å². The van der Waals surface area contributed by atoms with Crippen molar-refractivity contribution in [3.8, 4) is 0 Å². The van der Waals surface area contributed by atoms with E-state index in [4.69, 9.17) is 5.73 Å². The molecule has 0 radical (unpaired) electrons. The molecule has 1 unspecified atom stereocenters. The number of alkyl halides is 3. The van der Waals surface area contributed by atoms with Crippen molar-refractivity contribution in [1.82, 2.24) is 0 Å². The van der Waals surface area contributed by atoms with Crippen LogP contribution in [0.2, 0.25) is 0 Å². The monoisotopic (exact) mass is 239 g/mol. The van der Waals surface area contributed by atoms with Crippen molar-refractivity contribution in [3.05, 3.63) is 35.4 Å². The van der Waals surface area contributed by atoms with E-state index in [1.807, 2.05) is 6.92 Å². The molecule has 0 spiro atoms. The molecule has 0 heterocycles. The SMILES string of the molecule is CCC(N)c1cccc(C(F)(F)F)c1.Cl. The van der Waals surface area contributed by atoms with Crippen molar-refractivity contribution >= 4 is 12.4 Å². The Balaban J connectivity index is 0.00000196. The molecule has 1 rings (SSSR count). The second kappa shape index (κ2) is 5.37. The van der Waals surface area contributed by atoms with Crippen molar-refractivity contribution in [3.63, 3.8) is 0 Å². The van der Waals surface area contributed by atoms with Gasteiger partial charge in [0.25, 0.3) is 0 Å². The Kier molecular flexibility index (Phi) is 5.11. The van der Waals surface area contributed by atoms with E-state index in [9.17, 15) is 13.2 Å². The molecule has 0 aromatic heterocycles. The third-order valence-corrected chi connectivity index (χ3v) is 2.08. The second-order valence-corrected chi connectivity index (χ2v) is 3.14. The summed E-state index contributed by atoms with van der Waals surface area (Å²) < 4.78 is 36.9. The lowest BCUT2D eigenvalue weighted by atomic mass is 10.0. The van der Waals surface area contributed by atoms with E-state index in [2.05, 4.69) is 0 Å². The first-order valence-electron chi connectivity index (χ1n) is 4.38. The lowest BCUT2D eigenvalue weighted by molar-refractivity contribution is -0.137. The van der Waals surface area contributed by atoms with Gasteiger partial charge in [0, 0.05) is 6.04 Å². The lowest BCUT2D eigenvalue weighted by Gasteiger charge is -2.12. The molecule has 1 nitrogen and oxygen atoms in total. The van der Waals surface area contributed by atoms with Crippen LogP contribution in [0.4, 0.5) is 13.2 Å². The van der Waals surface area contributed by atoms with Crippen LogP contribution in [0.1, 0.15) is 30.5 Å². The normalized spacial score (nSPS) is 13.1. The van der Waals surface area contributed by atoms with Gasteiger partial charge < -0.3 is 5.73 Å². The van der Waals surface area contributed by atoms with Crippen LogP contribution in [-0.2, 0) is 6.18 Å². The maximum absolute atomic E-state index is 12.3. The Bertz CT molecular complexity index is 312. The molecule has 5 heteroatoms. The average Bonchev–Trinajstić information content (AvgIpc) is 2.15. The van der Waals surface area contributed by atoms with Crippen LogP contribution in [0, 0.1) is 0 Å². The highest BCUT2D eigenvalue weighted by atomic mass is 35.5. The first-order valence-corrected chi connectivity index (χ1v) is 4.38. The molecule has 1 aromatic carbocycles. The molecular weight excluding hydrogens is 227 g/mol. The summed E-state index contributed by atoms with van der Waals surface area (Å²) in [5.41, 5.74) is 5.53. The number of nitrogens with two attached hydrogens (primary N) is 1. The van der Waals surface area contributed by atoms with Gasteiger partial charge in [-0.1, -0.05) is 19.1 Å². The smallest absolute Gasteiger partial charge is 0.324 e. The van der Waals surface area contributed by atoms with Gasteiger partial charge in [-0.25, -0.2) is 0 Å². The molecule has 0 amide bonds. The molecule has 1 atom stereocenters. The van der Waals surface area contributed by atoms with Crippen molar-refractivity contribution in [2.24, 2.45) is 5.73 Å². The average molecular weight is 240 g/mol. The van der Waals surface area contributed by atoms with Crippen molar-refractivity contribution < 1.29 is 13.2 Å². The van der Waals surface area contributed by atoms with E-state index < -0.39 is 11.7 Å². The predicted octanol–water partition coefficient (Wildman–Crippen LogP) is 3.54. The zero-order valence-electron chi connectivity index (χ0n) is 8.21. The first kappa shape index (κ1) is 14.3. The van der Waals surface area contributed by atoms with Gasteiger partial charge in [-0.05, 0) is 24.1 Å². The van der Waals surface area contributed by atoms with Crippen LogP contribution in [0.3, 0.4) is 0 Å². The summed E-state index contributed by atoms with van der Waals surface area (Å²) in [6, 6.07) is 4.83. The summed E-state index contributed by atoms with van der Waals surface area (Å²) in [5, 5.41) is 0. The maximum atomic E-state index is 12.3. The molecule has 0 saturated carbocycles. The number of hydrogen-bond donors (Lipinski definition) is 1. The maximum Gasteiger partial charge on any atom is 0.416 e. The molecule has 0 saturated heterocycles. The van der Waals surface area contributed by atoms with Gasteiger partial charge in [0.05, 0.1) is 5.56 Å². The molecule has 0 bridgehead atoms. The molecule has 0 aliphatic heterocycles. The lowest BCUT2D eigenvalue weighted by Crippen LogP contribution is -2.11. The molecule has 86 valence electrons. The Hall–Kier alpha value is -0.740. The van der Waals surface area contributed by atoms with Crippen molar-refractivity contribution in [2.75, 3.05) is 0 Å². The van der Waals surface area contributed by atoms with Gasteiger partial charge in [-0.15, -0.1) is 12.4 Å². The fourth-order valence-electron chi connectivity index (χ4n) is 1.18. The van der Waals surface area contributed by atoms with Gasteiger partial charge in [0.2, 0.25) is 0 Å². The number of benzene rings is 1. The number of halogens is 4. The summed E-state index contributed by atoms with van der Waals surface area (Å²) in [4.78, 5) is 0. The van der Waals surface area contributed by atoms with Crippen molar-refractivity contribution in [1.29, 1.82) is 0 Å². The highest BCUT2D eigenvalue weighted by Gasteiger charge is 2.30. The van der Waals surface area contributed by atoms with E-state index in [0.717, 1.165) is 12.1 Å². The van der Waals surface area contributed by atoms with Gasteiger partial charge in [0.15, 0.2) is 0 Å². The summed E-state index contributed by atoms with van der Waals surface area (Å²) in [6.45, 7) is 1.84. The quantitative estimate of drug-likeness (QED) is 0.839. The molecule has 1 aromatic rings. The minimum atomic E-state index is -4.29. The van der Waals surface area contributed by atoms with Gasteiger partial charge in [0.1, 0.15) is 0 Å². The topological polar surface area (TPSA) is 26.0 Å². The Morgan fingerprint density at radius 2 is 1.93 bits per heavy atom. The molecule has 0 aliphatic rings. The highest BCUT2D eigenvalue weighted by Crippen LogP contribution is 2.30. The number of rotatable bonds is 2. The van der Waals surface area contributed by atoms with E-state index in [0.29, 0.717) is 12.0 Å². The van der Waals surface area contributed by atoms with Gasteiger partial charge in [-0.2, -0.15) is 13.2 Å². The molecule has 0 aliphatic carbocycles. The molecule has 0 fully saturated rings. The summed E-state index contributed by atoms with van der Waals surface area (Å²) >= 11 is 0. The fourth-order valence-corrected chi connectivity index (χ4v) is 1.18. The predicted molar refractivity (Wildman–Crippen MR) is 55.9 cm³/mol. The number of hydrogen-bond acceptors (Lipinski definition) is 1. The van der Waals surface area contributed by atoms with E-state index in [-0.39, 0.29) is 18.4 Å². The van der Waals surface area contributed by atoms with Crippen LogP contribution in [0.15, 0.2) is 24.3 Å². The third-order valence-electron chi connectivity index (χ3n) is 2.08. The fraction of sp³-hybridized carbons (Fsp3) is 0.400. The Morgan fingerprint density at radius 1 is 1.33 bits per heavy atom. The van der Waals surface area contributed by atoms with Crippen LogP contribution in [0.5, 0.6) is 0 Å². The van der Waals surface area contributed by atoms with Crippen molar-refractivity contribution in [2.45, 2.75) is 25.6 Å². The summed E-state index contributed by atoms with van der Waals surface area (Å²) in [6.07, 6.45) is -3.66. The standard InChI is InChI=1S/C10H12F3N.ClH/c1-2-9(14)7-4-3-5-8(6-7)10(11,12)13;/h3-6,9H,2,14H2,1H3;1H. The van der Waals surface area contributed by atoms with E-state index in [1.165, 1.54) is 6.07 Å². The third kappa shape index (κ3) is 3.72. The van der Waals surface area contributed by atoms with Crippen LogP contribution in [-0.4, -0.2) is 0 Å². The first-order chi connectivity index (χ1) is 6.45. The molecular formula is C10H13ClF3N. The second-order valence-electron chi connectivity index (χ2n) is 3.14. The van der Waals surface area contributed by atoms with Crippen LogP contribution >= 0.6 is 12.4 Å². The van der Waals surface area contributed by atoms with Gasteiger partial charge >= 0.3 is 6.18 Å². The molecule has 2 N–H and O–H groups in total. The zero-order valence-corrected chi connectivity index (χ0v) is 9.03. The Morgan fingerprint density at radius 3 is 2.40 bits per heavy atom. The minimum Gasteiger partial charge on any atom is -0.324 e. The zero-order chi connectivity index (χ0) is 10.8.